The summed E-state index contributed by atoms with van der Waals surface area (Å²) in [6, 6.07) is 6.92. The lowest BCUT2D eigenvalue weighted by molar-refractivity contribution is -0.179. The van der Waals surface area contributed by atoms with Crippen LogP contribution in [-0.4, -0.2) is 45.1 Å². The average molecular weight is 293 g/mol. The topological polar surface area (TPSA) is 102 Å². The Morgan fingerprint density at radius 3 is 2.38 bits per heavy atom. The molecule has 0 radical (unpaired) electrons. The summed E-state index contributed by atoms with van der Waals surface area (Å²) < 4.78 is 5.22. The summed E-state index contributed by atoms with van der Waals surface area (Å²) in [7, 11) is 5.88. The molecule has 0 aliphatic heterocycles. The van der Waals surface area contributed by atoms with Crippen LogP contribution in [0.15, 0.2) is 39.7 Å². The molecule has 0 aliphatic rings. The lowest BCUT2D eigenvalue weighted by Crippen LogP contribution is -2.31. The van der Waals surface area contributed by atoms with Crippen LogP contribution in [0.3, 0.4) is 0 Å². The van der Waals surface area contributed by atoms with Gasteiger partial charge in [-0.2, -0.15) is 5.11 Å². The first-order chi connectivity index (χ1) is 10.0. The maximum absolute atomic E-state index is 12.1. The van der Waals surface area contributed by atoms with Gasteiger partial charge >= 0.3 is 0 Å². The quantitative estimate of drug-likeness (QED) is 0.367. The summed E-state index contributed by atoms with van der Waals surface area (Å²) in [4.78, 5) is 16.9. The van der Waals surface area contributed by atoms with E-state index in [2.05, 4.69) is 15.4 Å². The first kappa shape index (κ1) is 16.7. The van der Waals surface area contributed by atoms with Gasteiger partial charge < -0.3 is 10.5 Å². The second kappa shape index (κ2) is 8.08. The number of ether oxygens (including phenoxy) is 1. The first-order valence-electron chi connectivity index (χ1n) is 6.12. The Labute approximate surface area is 123 Å². The van der Waals surface area contributed by atoms with Gasteiger partial charge in [-0.3, -0.25) is 9.63 Å². The van der Waals surface area contributed by atoms with Gasteiger partial charge in [-0.15, -0.1) is 5.10 Å². The van der Waals surface area contributed by atoms with Gasteiger partial charge in [0.05, 0.1) is 14.2 Å². The molecule has 8 heteroatoms. The van der Waals surface area contributed by atoms with Gasteiger partial charge in [0, 0.05) is 19.7 Å². The third-order valence-electron chi connectivity index (χ3n) is 2.80. The fourth-order valence-electron chi connectivity index (χ4n) is 1.61. The Morgan fingerprint density at radius 1 is 1.29 bits per heavy atom. The van der Waals surface area contributed by atoms with Crippen LogP contribution in [0.4, 0.5) is 0 Å². The highest BCUT2D eigenvalue weighted by atomic mass is 16.7. The number of rotatable bonds is 6. The Kier molecular flexibility index (Phi) is 6.44. The van der Waals surface area contributed by atoms with Gasteiger partial charge in [-0.25, -0.2) is 5.06 Å². The normalized spacial score (nSPS) is 13.4. The van der Waals surface area contributed by atoms with E-state index in [1.807, 2.05) is 0 Å². The van der Waals surface area contributed by atoms with Gasteiger partial charge in [0.15, 0.2) is 11.9 Å². The predicted octanol–water partition coefficient (Wildman–Crippen LogP) is 1.10. The summed E-state index contributed by atoms with van der Waals surface area (Å²) in [5.41, 5.74) is 7.09. The fourth-order valence-corrected chi connectivity index (χ4v) is 1.61. The number of carbonyl (C=O) groups excluding carboxylic acids is 1. The van der Waals surface area contributed by atoms with Crippen LogP contribution in [0, 0.1) is 0 Å². The third kappa shape index (κ3) is 4.33. The van der Waals surface area contributed by atoms with Crippen LogP contribution in [0.25, 0.3) is 0 Å². The Morgan fingerprint density at radius 2 is 1.90 bits per heavy atom. The molecule has 0 aliphatic carbocycles. The average Bonchev–Trinajstić information content (AvgIpc) is 2.52. The van der Waals surface area contributed by atoms with Gasteiger partial charge in [-0.05, 0) is 10.8 Å². The largest absolute Gasteiger partial charge is 0.382 e. The number of amides is 1. The smallest absolute Gasteiger partial charge is 0.279 e. The lowest BCUT2D eigenvalue weighted by atomic mass is 10.1. The zero-order chi connectivity index (χ0) is 15.8. The molecule has 21 heavy (non-hydrogen) atoms. The molecule has 2 N–H and O–H groups in total. The summed E-state index contributed by atoms with van der Waals surface area (Å²) in [6.07, 6.45) is -0.752. The van der Waals surface area contributed by atoms with Crippen molar-refractivity contribution >= 4 is 11.7 Å². The van der Waals surface area contributed by atoms with E-state index < -0.39 is 6.10 Å². The minimum Gasteiger partial charge on any atom is -0.382 e. The maximum atomic E-state index is 12.1. The molecule has 1 aromatic carbocycles. The van der Waals surface area contributed by atoms with E-state index in [9.17, 15) is 4.79 Å². The molecule has 0 aromatic heterocycles. The minimum atomic E-state index is -0.752. The highest BCUT2D eigenvalue weighted by molar-refractivity contribution is 5.97. The van der Waals surface area contributed by atoms with Crippen LogP contribution in [0.2, 0.25) is 0 Å². The summed E-state index contributed by atoms with van der Waals surface area (Å²) in [5.74, 6) is -0.0735. The number of nitrogens with zero attached hydrogens (tertiary/aromatic N) is 4. The van der Waals surface area contributed by atoms with E-state index >= 15 is 0 Å². The van der Waals surface area contributed by atoms with Gasteiger partial charge in [0.25, 0.3) is 5.91 Å². The number of likely N-dealkylation sites (N-methyl/N-ethyl adjacent to an activating group) is 1. The van der Waals surface area contributed by atoms with Crippen molar-refractivity contribution in [2.24, 2.45) is 21.2 Å². The van der Waals surface area contributed by atoms with E-state index in [4.69, 9.17) is 15.3 Å². The molecular formula is C13H19N5O3. The lowest BCUT2D eigenvalue weighted by Gasteiger charge is -2.21. The molecule has 0 fully saturated rings. The number of carbonyl (C=O) groups is 1. The summed E-state index contributed by atoms with van der Waals surface area (Å²) in [6.45, 7) is 0. The van der Waals surface area contributed by atoms with Crippen LogP contribution in [0.5, 0.6) is 0 Å². The van der Waals surface area contributed by atoms with Crippen molar-refractivity contribution in [3.63, 3.8) is 0 Å². The summed E-state index contributed by atoms with van der Waals surface area (Å²) >= 11 is 0. The second-order valence-corrected chi connectivity index (χ2v) is 4.03. The number of benzene rings is 1. The SMILES string of the molecule is CN=N/N=C(\N)c1ccc(C(OC)C(=O)N(C)OC)cc1. The second-order valence-electron chi connectivity index (χ2n) is 4.03. The van der Waals surface area contributed by atoms with Crippen molar-refractivity contribution in [1.82, 2.24) is 5.06 Å². The van der Waals surface area contributed by atoms with E-state index in [0.717, 1.165) is 5.06 Å². The minimum absolute atomic E-state index is 0.237. The zero-order valence-electron chi connectivity index (χ0n) is 12.5. The Hall–Kier alpha value is -2.32. The molecule has 0 spiro atoms. The van der Waals surface area contributed by atoms with Crippen LogP contribution in [-0.2, 0) is 14.4 Å². The number of amidine groups is 1. The Balaban J connectivity index is 2.97. The molecule has 1 amide bonds. The number of hydrogen-bond donors (Lipinski definition) is 1. The van der Waals surface area contributed by atoms with Crippen molar-refractivity contribution in [2.75, 3.05) is 28.3 Å². The molecule has 114 valence electrons. The molecule has 0 heterocycles. The van der Waals surface area contributed by atoms with Crippen molar-refractivity contribution in [3.05, 3.63) is 35.4 Å². The van der Waals surface area contributed by atoms with Crippen molar-refractivity contribution in [3.8, 4) is 0 Å². The molecule has 0 saturated carbocycles. The molecule has 1 atom stereocenters. The van der Waals surface area contributed by atoms with E-state index in [1.165, 1.54) is 28.3 Å². The monoisotopic (exact) mass is 293 g/mol. The van der Waals surface area contributed by atoms with Crippen molar-refractivity contribution in [2.45, 2.75) is 6.10 Å². The molecule has 0 bridgehead atoms. The van der Waals surface area contributed by atoms with Gasteiger partial charge in [0.1, 0.15) is 0 Å². The van der Waals surface area contributed by atoms with E-state index in [1.54, 1.807) is 24.3 Å². The first-order valence-corrected chi connectivity index (χ1v) is 6.12. The number of nitrogens with two attached hydrogens (primary N) is 1. The number of methoxy groups -OCH3 is 1. The summed E-state index contributed by atoms with van der Waals surface area (Å²) in [5, 5.41) is 11.8. The highest BCUT2D eigenvalue weighted by Gasteiger charge is 2.23. The van der Waals surface area contributed by atoms with Crippen molar-refractivity contribution in [1.29, 1.82) is 0 Å². The van der Waals surface area contributed by atoms with E-state index in [-0.39, 0.29) is 11.7 Å². The fraction of sp³-hybridized carbons (Fsp3) is 0.385. The molecule has 1 aromatic rings. The zero-order valence-corrected chi connectivity index (χ0v) is 12.5. The highest BCUT2D eigenvalue weighted by Crippen LogP contribution is 2.19. The number of hydroxylamine groups is 2. The van der Waals surface area contributed by atoms with Gasteiger partial charge in [0.2, 0.25) is 0 Å². The van der Waals surface area contributed by atoms with Crippen LogP contribution in [0.1, 0.15) is 17.2 Å². The number of hydrogen-bond acceptors (Lipinski definition) is 5. The molecule has 1 unspecified atom stereocenters. The molecule has 0 saturated heterocycles. The molecular weight excluding hydrogens is 274 g/mol. The molecule has 1 rings (SSSR count). The maximum Gasteiger partial charge on any atom is 0.279 e. The standard InChI is InChI=1S/C13H19N5O3/c1-15-17-16-12(14)10-7-5-9(6-8-10)11(20-3)13(19)18(2)21-4/h5-8,11H,1-4H3,(H2,14,15,16). The Bertz CT molecular complexity index is 527. The van der Waals surface area contributed by atoms with Crippen LogP contribution < -0.4 is 5.73 Å². The third-order valence-corrected chi connectivity index (χ3v) is 2.80. The predicted molar refractivity (Wildman–Crippen MR) is 77.5 cm³/mol. The van der Waals surface area contributed by atoms with Gasteiger partial charge in [-0.1, -0.05) is 24.3 Å². The molecule has 8 nitrogen and oxygen atoms in total. The van der Waals surface area contributed by atoms with E-state index in [0.29, 0.717) is 11.1 Å². The van der Waals surface area contributed by atoms with Crippen LogP contribution >= 0.6 is 0 Å². The van der Waals surface area contributed by atoms with Crippen molar-refractivity contribution < 1.29 is 14.4 Å².